The van der Waals surface area contributed by atoms with Crippen LogP contribution in [0.25, 0.3) is 0 Å². The number of aldehydes is 1. The molecule has 1 aliphatic carbocycles. The molecule has 1 heterocycles. The third kappa shape index (κ3) is 3.28. The lowest BCUT2D eigenvalue weighted by Crippen LogP contribution is -2.63. The van der Waals surface area contributed by atoms with Crippen LogP contribution in [0, 0.1) is 10.8 Å². The van der Waals surface area contributed by atoms with Gasteiger partial charge < -0.3 is 14.8 Å². The summed E-state index contributed by atoms with van der Waals surface area (Å²) in [6, 6.07) is -0.804. The van der Waals surface area contributed by atoms with Crippen LogP contribution in [0.15, 0.2) is 0 Å². The number of hydrogen-bond donors (Lipinski definition) is 1. The Hall–Kier alpha value is -1.04. The predicted octanol–water partition coefficient (Wildman–Crippen LogP) is 2.78. The lowest BCUT2D eigenvalue weighted by atomic mass is 9.58. The number of halogens is 2. The summed E-state index contributed by atoms with van der Waals surface area (Å²) in [5, 5.41) is 10.8. The molecule has 0 unspecified atom stereocenters. The molecule has 1 N–H and O–H groups in total. The first-order valence-corrected chi connectivity index (χ1v) is 8.20. The van der Waals surface area contributed by atoms with E-state index in [0.717, 1.165) is 4.90 Å². The zero-order chi connectivity index (χ0) is 17.7. The van der Waals surface area contributed by atoms with E-state index in [1.165, 1.54) is 0 Å². The zero-order valence-electron chi connectivity index (χ0n) is 14.4. The van der Waals surface area contributed by atoms with Crippen molar-refractivity contribution in [1.82, 2.24) is 4.90 Å². The van der Waals surface area contributed by atoms with Gasteiger partial charge in [-0.05, 0) is 42.9 Å². The van der Waals surface area contributed by atoms with Gasteiger partial charge in [0.05, 0.1) is 6.04 Å². The molecule has 1 saturated heterocycles. The monoisotopic (exact) mass is 331 g/mol. The molecule has 23 heavy (non-hydrogen) atoms. The Bertz CT molecular complexity index is 486. The van der Waals surface area contributed by atoms with Gasteiger partial charge in [-0.3, -0.25) is 4.79 Å². The van der Waals surface area contributed by atoms with Gasteiger partial charge in [0.25, 0.3) is 5.91 Å². The number of alkyl halides is 2. The first kappa shape index (κ1) is 18.3. The summed E-state index contributed by atoms with van der Waals surface area (Å²) in [5.74, 6) is -5.31. The van der Waals surface area contributed by atoms with E-state index < -0.39 is 34.3 Å². The Morgan fingerprint density at radius 1 is 1.17 bits per heavy atom. The van der Waals surface area contributed by atoms with Crippen molar-refractivity contribution >= 4 is 12.2 Å². The standard InChI is InChI=1S/C17H27F2NO3/c1-14(2)9-15(3,4)11-16(23,10-14)17(18,19)13(22)20-7-5-6-12(20)8-21/h8,12,23H,5-7,9-11H2,1-4H3/t12-/m0/s1. The average molecular weight is 331 g/mol. The molecule has 132 valence electrons. The van der Waals surface area contributed by atoms with Crippen molar-refractivity contribution in [1.29, 1.82) is 0 Å². The molecule has 0 aromatic rings. The molecule has 0 radical (unpaired) electrons. The van der Waals surface area contributed by atoms with Crippen molar-refractivity contribution in [2.45, 2.75) is 77.4 Å². The van der Waals surface area contributed by atoms with Crippen LogP contribution in [0.1, 0.15) is 59.8 Å². The van der Waals surface area contributed by atoms with Gasteiger partial charge in [-0.15, -0.1) is 0 Å². The molecule has 1 amide bonds. The molecule has 2 rings (SSSR count). The second-order valence-corrected chi connectivity index (χ2v) is 8.81. The van der Waals surface area contributed by atoms with E-state index in [1.54, 1.807) is 0 Å². The fourth-order valence-corrected chi connectivity index (χ4v) is 4.85. The second kappa shape index (κ2) is 5.50. The molecule has 0 bridgehead atoms. The fraction of sp³-hybridized carbons (Fsp3) is 0.882. The minimum atomic E-state index is -3.90. The normalized spacial score (nSPS) is 29.3. The third-order valence-electron chi connectivity index (χ3n) is 5.07. The van der Waals surface area contributed by atoms with Crippen LogP contribution in [0.4, 0.5) is 8.78 Å². The van der Waals surface area contributed by atoms with Crippen molar-refractivity contribution in [3.8, 4) is 0 Å². The first-order chi connectivity index (χ1) is 10.3. The van der Waals surface area contributed by atoms with Crippen LogP contribution < -0.4 is 0 Å². The summed E-state index contributed by atoms with van der Waals surface area (Å²) in [4.78, 5) is 24.4. The number of aliphatic hydroxyl groups is 1. The van der Waals surface area contributed by atoms with Crippen LogP contribution in [0.5, 0.6) is 0 Å². The Kier molecular flexibility index (Phi) is 4.38. The highest BCUT2D eigenvalue weighted by Gasteiger charge is 2.64. The maximum atomic E-state index is 15.0. The van der Waals surface area contributed by atoms with Gasteiger partial charge in [0.15, 0.2) is 0 Å². The van der Waals surface area contributed by atoms with Crippen molar-refractivity contribution < 1.29 is 23.5 Å². The van der Waals surface area contributed by atoms with Gasteiger partial charge in [-0.1, -0.05) is 27.7 Å². The molecule has 4 nitrogen and oxygen atoms in total. The van der Waals surface area contributed by atoms with Gasteiger partial charge >= 0.3 is 5.92 Å². The van der Waals surface area contributed by atoms with Crippen LogP contribution in [-0.2, 0) is 9.59 Å². The van der Waals surface area contributed by atoms with Gasteiger partial charge in [0, 0.05) is 6.54 Å². The largest absolute Gasteiger partial charge is 0.383 e. The highest BCUT2D eigenvalue weighted by molar-refractivity contribution is 5.87. The molecule has 2 fully saturated rings. The number of amides is 1. The molecule has 1 saturated carbocycles. The Balaban J connectivity index is 2.33. The Morgan fingerprint density at radius 3 is 2.17 bits per heavy atom. The maximum absolute atomic E-state index is 15.0. The number of carbonyl (C=O) groups is 2. The summed E-state index contributed by atoms with van der Waals surface area (Å²) >= 11 is 0. The molecular weight excluding hydrogens is 304 g/mol. The summed E-state index contributed by atoms with van der Waals surface area (Å²) < 4.78 is 30.0. The van der Waals surface area contributed by atoms with E-state index in [0.29, 0.717) is 25.5 Å². The minimum absolute atomic E-state index is 0.137. The van der Waals surface area contributed by atoms with E-state index in [2.05, 4.69) is 0 Å². The number of carbonyl (C=O) groups excluding carboxylic acids is 2. The first-order valence-electron chi connectivity index (χ1n) is 8.20. The molecule has 0 aromatic carbocycles. The number of rotatable bonds is 3. The molecule has 1 aliphatic heterocycles. The lowest BCUT2D eigenvalue weighted by Gasteiger charge is -2.51. The molecule has 2 aliphatic rings. The lowest BCUT2D eigenvalue weighted by molar-refractivity contribution is -0.231. The van der Waals surface area contributed by atoms with Gasteiger partial charge in [0.2, 0.25) is 0 Å². The summed E-state index contributed by atoms with van der Waals surface area (Å²) in [6.07, 6.45) is 1.90. The average Bonchev–Trinajstić information content (AvgIpc) is 2.81. The predicted molar refractivity (Wildman–Crippen MR) is 82.1 cm³/mol. The Labute approximate surface area is 136 Å². The molecular formula is C17H27F2NO3. The number of likely N-dealkylation sites (tertiary alicyclic amines) is 1. The van der Waals surface area contributed by atoms with Crippen LogP contribution in [-0.4, -0.2) is 46.3 Å². The summed E-state index contributed by atoms with van der Waals surface area (Å²) in [5.41, 5.74) is -3.37. The summed E-state index contributed by atoms with van der Waals surface area (Å²) in [7, 11) is 0. The third-order valence-corrected chi connectivity index (χ3v) is 5.07. The van der Waals surface area contributed by atoms with E-state index in [4.69, 9.17) is 0 Å². The topological polar surface area (TPSA) is 57.6 Å². The van der Waals surface area contributed by atoms with E-state index in [-0.39, 0.29) is 19.4 Å². The highest BCUT2D eigenvalue weighted by Crippen LogP contribution is 2.55. The van der Waals surface area contributed by atoms with Crippen molar-refractivity contribution in [2.75, 3.05) is 6.54 Å². The summed E-state index contributed by atoms with van der Waals surface area (Å²) in [6.45, 7) is 7.49. The van der Waals surface area contributed by atoms with Gasteiger partial charge in [0.1, 0.15) is 11.9 Å². The zero-order valence-corrected chi connectivity index (χ0v) is 14.4. The van der Waals surface area contributed by atoms with E-state index in [1.807, 2.05) is 27.7 Å². The molecule has 0 aromatic heterocycles. The van der Waals surface area contributed by atoms with Crippen molar-refractivity contribution in [2.24, 2.45) is 10.8 Å². The highest BCUT2D eigenvalue weighted by atomic mass is 19.3. The number of nitrogens with zero attached hydrogens (tertiary/aromatic N) is 1. The number of hydrogen-bond acceptors (Lipinski definition) is 3. The van der Waals surface area contributed by atoms with E-state index in [9.17, 15) is 23.5 Å². The van der Waals surface area contributed by atoms with Crippen LogP contribution in [0.2, 0.25) is 0 Å². The quantitative estimate of drug-likeness (QED) is 0.809. The smallest absolute Gasteiger partial charge is 0.352 e. The van der Waals surface area contributed by atoms with Crippen molar-refractivity contribution in [3.05, 3.63) is 0 Å². The SMILES string of the molecule is CC1(C)CC(C)(C)CC(O)(C(F)(F)C(=O)N2CCC[C@H]2C=O)C1. The Morgan fingerprint density at radius 2 is 1.70 bits per heavy atom. The van der Waals surface area contributed by atoms with Crippen LogP contribution >= 0.6 is 0 Å². The molecule has 1 atom stereocenters. The minimum Gasteiger partial charge on any atom is -0.383 e. The second-order valence-electron chi connectivity index (χ2n) is 8.81. The fourth-order valence-electron chi connectivity index (χ4n) is 4.85. The molecule has 6 heteroatoms. The van der Waals surface area contributed by atoms with Crippen molar-refractivity contribution in [3.63, 3.8) is 0 Å². The molecule has 0 spiro atoms. The van der Waals surface area contributed by atoms with Gasteiger partial charge in [-0.25, -0.2) is 0 Å². The van der Waals surface area contributed by atoms with Crippen LogP contribution in [0.3, 0.4) is 0 Å². The van der Waals surface area contributed by atoms with E-state index >= 15 is 0 Å². The van der Waals surface area contributed by atoms with Gasteiger partial charge in [-0.2, -0.15) is 8.78 Å². The maximum Gasteiger partial charge on any atom is 0.352 e.